The first-order valence-electron chi connectivity index (χ1n) is 5.92. The third kappa shape index (κ3) is 7.16. The van der Waals surface area contributed by atoms with E-state index in [2.05, 4.69) is 16.3 Å². The summed E-state index contributed by atoms with van der Waals surface area (Å²) in [7, 11) is 0. The van der Waals surface area contributed by atoms with Crippen LogP contribution in [-0.2, 0) is 4.74 Å². The van der Waals surface area contributed by atoms with Crippen LogP contribution in [0.4, 0.5) is 13.2 Å². The summed E-state index contributed by atoms with van der Waals surface area (Å²) in [5, 5.41) is 3.96. The van der Waals surface area contributed by atoms with Crippen molar-refractivity contribution in [2.24, 2.45) is 0 Å². The minimum absolute atomic E-state index is 0.125. The average Bonchev–Trinajstić information content (AvgIpc) is 2.27. The summed E-state index contributed by atoms with van der Waals surface area (Å²) in [6.45, 7) is -0.519. The number of ether oxygens (including phenoxy) is 1. The van der Waals surface area contributed by atoms with Gasteiger partial charge in [-0.3, -0.25) is 0 Å². The zero-order chi connectivity index (χ0) is 12.7. The summed E-state index contributed by atoms with van der Waals surface area (Å²) in [6.07, 6.45) is 2.58. The number of hydrogen-bond acceptors (Lipinski definition) is 3. The highest BCUT2D eigenvalue weighted by Gasteiger charge is 2.27. The molecule has 0 heterocycles. The molecule has 0 aliphatic heterocycles. The van der Waals surface area contributed by atoms with Gasteiger partial charge < -0.3 is 10.1 Å². The Morgan fingerprint density at radius 3 is 2.76 bits per heavy atom. The van der Waals surface area contributed by atoms with Crippen LogP contribution in [0.5, 0.6) is 0 Å². The Balaban J connectivity index is 2.02. The van der Waals surface area contributed by atoms with Gasteiger partial charge in [0, 0.05) is 17.8 Å². The van der Waals surface area contributed by atoms with Gasteiger partial charge in [-0.15, -0.1) is 0 Å². The molecule has 0 saturated heterocycles. The molecule has 1 fully saturated rings. The largest absolute Gasteiger partial charge is 0.411 e. The van der Waals surface area contributed by atoms with Gasteiger partial charge in [0.1, 0.15) is 6.61 Å². The first-order chi connectivity index (χ1) is 8.01. The number of nitrogens with one attached hydrogen (secondary N) is 1. The molecule has 0 bridgehead atoms. The lowest BCUT2D eigenvalue weighted by molar-refractivity contribution is -0.173. The van der Waals surface area contributed by atoms with E-state index >= 15 is 0 Å². The van der Waals surface area contributed by atoms with Crippen molar-refractivity contribution in [2.45, 2.75) is 43.2 Å². The van der Waals surface area contributed by atoms with Crippen molar-refractivity contribution in [3.8, 4) is 0 Å². The number of thioether (sulfide) groups is 1. The van der Waals surface area contributed by atoms with Gasteiger partial charge in [-0.05, 0) is 25.5 Å². The Hall–Kier alpha value is 0.0600. The maximum atomic E-state index is 11.8. The van der Waals surface area contributed by atoms with E-state index in [0.29, 0.717) is 17.8 Å². The molecule has 2 atom stereocenters. The van der Waals surface area contributed by atoms with E-state index in [4.69, 9.17) is 0 Å². The van der Waals surface area contributed by atoms with Crippen LogP contribution in [0.25, 0.3) is 0 Å². The number of alkyl halides is 3. The second-order valence-corrected chi connectivity index (χ2v) is 5.48. The van der Waals surface area contributed by atoms with Crippen LogP contribution in [0.2, 0.25) is 0 Å². The van der Waals surface area contributed by atoms with E-state index in [9.17, 15) is 13.2 Å². The maximum Gasteiger partial charge on any atom is 0.411 e. The second-order valence-electron chi connectivity index (χ2n) is 4.34. The molecule has 0 aromatic rings. The molecule has 0 spiro atoms. The Morgan fingerprint density at radius 2 is 2.12 bits per heavy atom. The van der Waals surface area contributed by atoms with Gasteiger partial charge in [0.15, 0.2) is 0 Å². The molecule has 2 nitrogen and oxygen atoms in total. The molecule has 1 saturated carbocycles. The summed E-state index contributed by atoms with van der Waals surface area (Å²) < 4.78 is 39.9. The van der Waals surface area contributed by atoms with Crippen LogP contribution in [-0.4, -0.2) is 43.5 Å². The predicted molar refractivity (Wildman–Crippen MR) is 64.4 cm³/mol. The van der Waals surface area contributed by atoms with E-state index in [1.165, 1.54) is 12.8 Å². The van der Waals surface area contributed by atoms with E-state index in [1.54, 1.807) is 0 Å². The van der Waals surface area contributed by atoms with Crippen LogP contribution >= 0.6 is 11.8 Å². The highest BCUT2D eigenvalue weighted by molar-refractivity contribution is 7.99. The van der Waals surface area contributed by atoms with Gasteiger partial charge in [0.2, 0.25) is 0 Å². The normalized spacial score (nSPS) is 26.1. The van der Waals surface area contributed by atoms with Crippen LogP contribution in [0.15, 0.2) is 0 Å². The second kappa shape index (κ2) is 7.48. The molecule has 1 N–H and O–H groups in total. The SMILES string of the molecule is CSC1CCCC(NCCOCC(F)(F)F)C1. The van der Waals surface area contributed by atoms with Crippen molar-refractivity contribution in [2.75, 3.05) is 26.0 Å². The summed E-state index contributed by atoms with van der Waals surface area (Å²) in [5.74, 6) is 0. The van der Waals surface area contributed by atoms with Gasteiger partial charge in [-0.2, -0.15) is 24.9 Å². The standard InChI is InChI=1S/C11H20F3NOS/c1-17-10-4-2-3-9(7-10)15-5-6-16-8-11(12,13)14/h9-10,15H,2-8H2,1H3. The van der Waals surface area contributed by atoms with E-state index < -0.39 is 12.8 Å². The van der Waals surface area contributed by atoms with E-state index in [0.717, 1.165) is 12.8 Å². The maximum absolute atomic E-state index is 11.8. The first kappa shape index (κ1) is 15.1. The van der Waals surface area contributed by atoms with Crippen molar-refractivity contribution in [3.63, 3.8) is 0 Å². The molecule has 0 aromatic heterocycles. The Morgan fingerprint density at radius 1 is 1.35 bits per heavy atom. The molecule has 0 amide bonds. The van der Waals surface area contributed by atoms with Crippen molar-refractivity contribution in [3.05, 3.63) is 0 Å². The van der Waals surface area contributed by atoms with E-state index in [1.807, 2.05) is 11.8 Å². The molecule has 1 aliphatic rings. The van der Waals surface area contributed by atoms with Crippen LogP contribution in [0.1, 0.15) is 25.7 Å². The highest BCUT2D eigenvalue weighted by Crippen LogP contribution is 2.26. The molecule has 17 heavy (non-hydrogen) atoms. The fourth-order valence-corrected chi connectivity index (χ4v) is 2.89. The summed E-state index contributed by atoms with van der Waals surface area (Å²) >= 11 is 1.88. The zero-order valence-corrected chi connectivity index (χ0v) is 10.9. The van der Waals surface area contributed by atoms with Crippen LogP contribution < -0.4 is 5.32 Å². The molecular formula is C11H20F3NOS. The minimum atomic E-state index is -4.21. The molecule has 1 rings (SSSR count). The van der Waals surface area contributed by atoms with Gasteiger partial charge in [-0.1, -0.05) is 6.42 Å². The topological polar surface area (TPSA) is 21.3 Å². The molecular weight excluding hydrogens is 251 g/mol. The minimum Gasteiger partial charge on any atom is -0.371 e. The summed E-state index contributed by atoms with van der Waals surface area (Å²) in [4.78, 5) is 0. The fraction of sp³-hybridized carbons (Fsp3) is 1.00. The lowest BCUT2D eigenvalue weighted by atomic mass is 9.95. The first-order valence-corrected chi connectivity index (χ1v) is 7.20. The van der Waals surface area contributed by atoms with Gasteiger partial charge >= 0.3 is 6.18 Å². The van der Waals surface area contributed by atoms with Crippen molar-refractivity contribution < 1.29 is 17.9 Å². The molecule has 102 valence electrons. The fourth-order valence-electron chi connectivity index (χ4n) is 2.07. The lowest BCUT2D eigenvalue weighted by Gasteiger charge is -2.28. The predicted octanol–water partition coefficient (Wildman–Crippen LogP) is 2.83. The Bertz CT molecular complexity index is 213. The third-order valence-corrected chi connectivity index (χ3v) is 4.00. The van der Waals surface area contributed by atoms with Gasteiger partial charge in [0.25, 0.3) is 0 Å². The number of rotatable bonds is 6. The summed E-state index contributed by atoms with van der Waals surface area (Å²) in [5.41, 5.74) is 0. The quantitative estimate of drug-likeness (QED) is 0.751. The average molecular weight is 271 g/mol. The number of hydrogen-bond donors (Lipinski definition) is 1. The third-order valence-electron chi connectivity index (χ3n) is 2.90. The molecule has 2 unspecified atom stereocenters. The monoisotopic (exact) mass is 271 g/mol. The van der Waals surface area contributed by atoms with E-state index in [-0.39, 0.29) is 6.61 Å². The van der Waals surface area contributed by atoms with Gasteiger partial charge in [0.05, 0.1) is 6.61 Å². The van der Waals surface area contributed by atoms with Crippen LogP contribution in [0, 0.1) is 0 Å². The summed E-state index contributed by atoms with van der Waals surface area (Å²) in [6, 6.07) is 0.440. The van der Waals surface area contributed by atoms with Crippen molar-refractivity contribution in [1.82, 2.24) is 5.32 Å². The lowest BCUT2D eigenvalue weighted by Crippen LogP contribution is -2.37. The van der Waals surface area contributed by atoms with Gasteiger partial charge in [-0.25, -0.2) is 0 Å². The molecule has 1 aliphatic carbocycles. The smallest absolute Gasteiger partial charge is 0.371 e. The molecule has 0 radical (unpaired) electrons. The Labute approximate surface area is 105 Å². The van der Waals surface area contributed by atoms with Crippen molar-refractivity contribution in [1.29, 1.82) is 0 Å². The number of halogens is 3. The highest BCUT2D eigenvalue weighted by atomic mass is 32.2. The molecule has 0 aromatic carbocycles. The Kier molecular flexibility index (Phi) is 6.66. The zero-order valence-electron chi connectivity index (χ0n) is 10.1. The van der Waals surface area contributed by atoms with Crippen molar-refractivity contribution >= 4 is 11.8 Å². The molecule has 6 heteroatoms. The van der Waals surface area contributed by atoms with Crippen LogP contribution in [0.3, 0.4) is 0 Å².